The number of aliphatic imine (C=N–C) groups is 1. The number of carbonyl (C=O) groups excluding carboxylic acids is 2. The number of rotatable bonds is 11. The van der Waals surface area contributed by atoms with Gasteiger partial charge in [-0.05, 0) is 25.7 Å². The molecule has 2 amide bonds. The molecule has 0 spiro atoms. The predicted octanol–water partition coefficient (Wildman–Crippen LogP) is 2.18. The van der Waals surface area contributed by atoms with Crippen molar-refractivity contribution in [1.29, 1.82) is 0 Å². The molecule has 0 aliphatic carbocycles. The number of carbonyl (C=O) groups is 2. The van der Waals surface area contributed by atoms with E-state index >= 15 is 0 Å². The fourth-order valence-electron chi connectivity index (χ4n) is 2.95. The fourth-order valence-corrected chi connectivity index (χ4v) is 2.95. The number of nitrogens with two attached hydrogens (primary N) is 1. The van der Waals surface area contributed by atoms with Crippen molar-refractivity contribution in [2.45, 2.75) is 77.7 Å². The Morgan fingerprint density at radius 1 is 1.17 bits per heavy atom. The molecule has 0 bridgehead atoms. The molecule has 0 unspecified atom stereocenters. The number of unbranched alkanes of at least 4 members (excludes halogenated alkanes) is 3. The Morgan fingerprint density at radius 3 is 2.30 bits per heavy atom. The molecular formula is C17H32N4O2. The van der Waals surface area contributed by atoms with Crippen LogP contribution >= 0.6 is 0 Å². The molecule has 6 heteroatoms. The van der Waals surface area contributed by atoms with Gasteiger partial charge in [0.15, 0.2) is 5.96 Å². The minimum absolute atomic E-state index is 0.0264. The smallest absolute Gasteiger partial charge is 0.257 e. The summed E-state index contributed by atoms with van der Waals surface area (Å²) in [5.74, 6) is 0.402. The van der Waals surface area contributed by atoms with Crippen LogP contribution in [0, 0.1) is 0 Å². The number of hydrogen-bond donors (Lipinski definition) is 2. The number of nitrogens with zero attached hydrogens (tertiary/aromatic N) is 2. The molecule has 1 heterocycles. The Hall–Kier alpha value is -1.59. The van der Waals surface area contributed by atoms with E-state index in [0.29, 0.717) is 19.0 Å². The number of hydrogen-bond acceptors (Lipinski definition) is 4. The van der Waals surface area contributed by atoms with E-state index in [-0.39, 0.29) is 11.8 Å². The molecule has 1 aliphatic rings. The van der Waals surface area contributed by atoms with Gasteiger partial charge in [-0.2, -0.15) is 0 Å². The summed E-state index contributed by atoms with van der Waals surface area (Å²) in [5.41, 5.74) is 5.41. The molecule has 0 aromatic heterocycles. The van der Waals surface area contributed by atoms with Crippen LogP contribution in [0.4, 0.5) is 0 Å². The normalized spacial score (nSPS) is 16.6. The molecule has 3 N–H and O–H groups in total. The molecule has 132 valence electrons. The Balaban J connectivity index is 2.60. The fraction of sp³-hybridized carbons (Fsp3) is 0.824. The first-order valence-corrected chi connectivity index (χ1v) is 8.88. The second kappa shape index (κ2) is 9.53. The SMILES string of the molecule is CCCCC1(CCCC)N=C(N)N(CCCCNC(C)=O)C1=O. The first-order chi connectivity index (χ1) is 11.0. The quantitative estimate of drug-likeness (QED) is 0.571. The van der Waals surface area contributed by atoms with Gasteiger partial charge < -0.3 is 11.1 Å². The number of amides is 2. The zero-order chi connectivity index (χ0) is 17.3. The molecule has 0 saturated carbocycles. The van der Waals surface area contributed by atoms with Crippen LogP contribution < -0.4 is 11.1 Å². The summed E-state index contributed by atoms with van der Waals surface area (Å²) in [7, 11) is 0. The van der Waals surface area contributed by atoms with Gasteiger partial charge in [-0.25, -0.2) is 4.99 Å². The largest absolute Gasteiger partial charge is 0.369 e. The standard InChI is InChI=1S/C17H32N4O2/c1-4-6-10-17(11-7-5-2)15(23)21(16(18)20-17)13-9-8-12-19-14(3)22/h4-13H2,1-3H3,(H2,18,20)(H,19,22). The van der Waals surface area contributed by atoms with Gasteiger partial charge in [0.05, 0.1) is 0 Å². The third-order valence-electron chi connectivity index (χ3n) is 4.32. The molecule has 0 aromatic carbocycles. The van der Waals surface area contributed by atoms with Crippen LogP contribution in [0.25, 0.3) is 0 Å². The first kappa shape index (κ1) is 19.5. The second-order valence-electron chi connectivity index (χ2n) is 6.36. The number of guanidine groups is 1. The maximum absolute atomic E-state index is 12.9. The highest BCUT2D eigenvalue weighted by atomic mass is 16.2. The van der Waals surface area contributed by atoms with E-state index < -0.39 is 5.54 Å². The van der Waals surface area contributed by atoms with Crippen LogP contribution in [0.3, 0.4) is 0 Å². The van der Waals surface area contributed by atoms with E-state index in [4.69, 9.17) is 5.73 Å². The van der Waals surface area contributed by atoms with E-state index in [1.807, 2.05) is 0 Å². The molecule has 1 rings (SSSR count). The van der Waals surface area contributed by atoms with Crippen molar-refractivity contribution >= 4 is 17.8 Å². The summed E-state index contributed by atoms with van der Waals surface area (Å²) >= 11 is 0. The second-order valence-corrected chi connectivity index (χ2v) is 6.36. The Labute approximate surface area is 139 Å². The van der Waals surface area contributed by atoms with Gasteiger partial charge >= 0.3 is 0 Å². The van der Waals surface area contributed by atoms with E-state index in [9.17, 15) is 9.59 Å². The molecule has 0 saturated heterocycles. The molecule has 0 radical (unpaired) electrons. The summed E-state index contributed by atoms with van der Waals surface area (Å²) in [6.07, 6.45) is 7.27. The number of nitrogens with one attached hydrogen (secondary N) is 1. The van der Waals surface area contributed by atoms with Crippen LogP contribution in [0.2, 0.25) is 0 Å². The van der Waals surface area contributed by atoms with Crippen molar-refractivity contribution in [2.24, 2.45) is 10.7 Å². The monoisotopic (exact) mass is 324 g/mol. The summed E-state index contributed by atoms with van der Waals surface area (Å²) < 4.78 is 0. The summed E-state index contributed by atoms with van der Waals surface area (Å²) in [6.45, 7) is 6.96. The lowest BCUT2D eigenvalue weighted by Crippen LogP contribution is -2.45. The van der Waals surface area contributed by atoms with Crippen molar-refractivity contribution < 1.29 is 9.59 Å². The molecule has 0 fully saturated rings. The third kappa shape index (κ3) is 5.52. The first-order valence-electron chi connectivity index (χ1n) is 8.88. The molecule has 0 aromatic rings. The van der Waals surface area contributed by atoms with Crippen LogP contribution in [-0.2, 0) is 9.59 Å². The van der Waals surface area contributed by atoms with Crippen molar-refractivity contribution in [3.05, 3.63) is 0 Å². The highest BCUT2D eigenvalue weighted by molar-refractivity contribution is 6.06. The molecular weight excluding hydrogens is 292 g/mol. The molecule has 6 nitrogen and oxygen atoms in total. The van der Waals surface area contributed by atoms with Gasteiger partial charge in [-0.3, -0.25) is 14.5 Å². The van der Waals surface area contributed by atoms with Gasteiger partial charge in [0.25, 0.3) is 5.91 Å². The van der Waals surface area contributed by atoms with Crippen LogP contribution in [0.1, 0.15) is 72.1 Å². The van der Waals surface area contributed by atoms with Gasteiger partial charge in [0, 0.05) is 20.0 Å². The molecule has 23 heavy (non-hydrogen) atoms. The Bertz CT molecular complexity index is 426. The minimum Gasteiger partial charge on any atom is -0.369 e. The van der Waals surface area contributed by atoms with Crippen molar-refractivity contribution in [3.63, 3.8) is 0 Å². The zero-order valence-corrected chi connectivity index (χ0v) is 14.9. The van der Waals surface area contributed by atoms with E-state index in [2.05, 4.69) is 24.2 Å². The molecule has 0 atom stereocenters. The summed E-state index contributed by atoms with van der Waals surface area (Å²) in [5, 5.41) is 2.76. The molecule has 1 aliphatic heterocycles. The predicted molar refractivity (Wildman–Crippen MR) is 93.0 cm³/mol. The van der Waals surface area contributed by atoms with Gasteiger partial charge in [0.1, 0.15) is 5.54 Å². The van der Waals surface area contributed by atoms with Crippen LogP contribution in [0.15, 0.2) is 4.99 Å². The lowest BCUT2D eigenvalue weighted by molar-refractivity contribution is -0.132. The van der Waals surface area contributed by atoms with E-state index in [1.165, 1.54) is 6.92 Å². The van der Waals surface area contributed by atoms with Crippen LogP contribution in [-0.4, -0.2) is 41.3 Å². The average molecular weight is 324 g/mol. The lowest BCUT2D eigenvalue weighted by atomic mass is 9.87. The maximum Gasteiger partial charge on any atom is 0.257 e. The van der Waals surface area contributed by atoms with Crippen LogP contribution in [0.5, 0.6) is 0 Å². The highest BCUT2D eigenvalue weighted by Crippen LogP contribution is 2.32. The van der Waals surface area contributed by atoms with Crippen molar-refractivity contribution in [1.82, 2.24) is 10.2 Å². The maximum atomic E-state index is 12.9. The lowest BCUT2D eigenvalue weighted by Gasteiger charge is -2.26. The summed E-state index contributed by atoms with van der Waals surface area (Å²) in [4.78, 5) is 29.9. The average Bonchev–Trinajstić information content (AvgIpc) is 2.74. The third-order valence-corrected chi connectivity index (χ3v) is 4.32. The summed E-state index contributed by atoms with van der Waals surface area (Å²) in [6, 6.07) is 0. The van der Waals surface area contributed by atoms with Gasteiger partial charge in [-0.15, -0.1) is 0 Å². The highest BCUT2D eigenvalue weighted by Gasteiger charge is 2.46. The Morgan fingerprint density at radius 2 is 1.78 bits per heavy atom. The van der Waals surface area contributed by atoms with Gasteiger partial charge in [-0.1, -0.05) is 39.5 Å². The topological polar surface area (TPSA) is 87.8 Å². The van der Waals surface area contributed by atoms with E-state index in [0.717, 1.165) is 51.4 Å². The zero-order valence-electron chi connectivity index (χ0n) is 14.9. The van der Waals surface area contributed by atoms with E-state index in [1.54, 1.807) is 4.90 Å². The van der Waals surface area contributed by atoms with Crippen molar-refractivity contribution in [3.8, 4) is 0 Å². The van der Waals surface area contributed by atoms with Crippen molar-refractivity contribution in [2.75, 3.05) is 13.1 Å². The minimum atomic E-state index is -0.631. The van der Waals surface area contributed by atoms with Gasteiger partial charge in [0.2, 0.25) is 5.91 Å². The Kier molecular flexibility index (Phi) is 8.06.